The Morgan fingerprint density at radius 3 is 0.915 bits per heavy atom. The third-order valence-corrected chi connectivity index (χ3v) is 31.4. The highest BCUT2D eigenvalue weighted by Crippen LogP contribution is 2.48. The molecule has 4 aromatic rings. The number of likely N-dealkylation sites (tertiary alicyclic amines) is 3. The molecule has 7 aliphatic rings. The lowest BCUT2D eigenvalue weighted by atomic mass is 9.79. The van der Waals surface area contributed by atoms with Crippen LogP contribution in [0.5, 0.6) is 0 Å². The zero-order valence-electron chi connectivity index (χ0n) is 87.5. The Labute approximate surface area is 840 Å². The smallest absolute Gasteiger partial charge is 0.246 e. The minimum absolute atomic E-state index is 0.00109. The number of Topliss-reactive ketones (excluding diaryl/α,β-unsaturated/α-hetero) is 12. The molecule has 6 amide bonds. The average Bonchev–Trinajstić information content (AvgIpc) is 1.62. The molecule has 142 heavy (non-hydrogen) atoms. The summed E-state index contributed by atoms with van der Waals surface area (Å²) >= 11 is 0. The molecule has 30 nitrogen and oxygen atoms in total. The second-order valence-corrected chi connectivity index (χ2v) is 43.8. The van der Waals surface area contributed by atoms with Crippen molar-refractivity contribution in [3.63, 3.8) is 0 Å². The first-order valence-corrected chi connectivity index (χ1v) is 53.1. The predicted octanol–water partition coefficient (Wildman–Crippen LogP) is 15.6. The van der Waals surface area contributed by atoms with Gasteiger partial charge >= 0.3 is 0 Å². The summed E-state index contributed by atoms with van der Waals surface area (Å²) < 4.78 is 0. The number of nitrogens with one attached hydrogen (secondary N) is 3. The van der Waals surface area contributed by atoms with Gasteiger partial charge in [-0.2, -0.15) is 0 Å². The number of fused-ring (bicyclic) bond motifs is 3. The van der Waals surface area contributed by atoms with E-state index in [2.05, 4.69) is 45.9 Å². The SMILES string of the molecule is CCCC(CC(=O)C1[C@H]2CCC[C@H]2CN1C(=O)[C@@H](NC(=O)[C@H](CC(=O)c1cnccn1)C(C)C)C(C)C)C(=O)C(=O)CC1CCC1.CCCC(CC(=O)C1[C@H]2CCC[C@H]2CN1C(=O)[C@@H](NC(=O)[C@H](CC(=O)c1cnccn1)C(C)C)C(C)C)C(=O)C(=O)C[C@H](C)CC.CCCC(CC(=O)C1[C@H]2CCC[C@H]2CN1C(=O)[C@@H](NC(=O)[C@H](CC(=O)c1cnccn1)C(C)C)C(C)C)C(=O)C(=O)C[C@H](C)c1ccccc1. The minimum atomic E-state index is -0.904. The predicted molar refractivity (Wildman–Crippen MR) is 537 cm³/mol. The summed E-state index contributed by atoms with van der Waals surface area (Å²) in [5.74, 6) is -11.0. The summed E-state index contributed by atoms with van der Waals surface area (Å²) in [7, 11) is 0. The van der Waals surface area contributed by atoms with Gasteiger partial charge in [-0.1, -0.05) is 206 Å². The van der Waals surface area contributed by atoms with E-state index in [9.17, 15) is 86.3 Å². The number of benzene rings is 1. The lowest BCUT2D eigenvalue weighted by Gasteiger charge is -2.33. The first-order chi connectivity index (χ1) is 67.5. The van der Waals surface area contributed by atoms with Gasteiger partial charge in [-0.15, -0.1) is 0 Å². The topological polar surface area (TPSA) is 430 Å². The van der Waals surface area contributed by atoms with Crippen LogP contribution in [0.2, 0.25) is 0 Å². The summed E-state index contributed by atoms with van der Waals surface area (Å²) in [5.41, 5.74) is 1.53. The molecule has 776 valence electrons. The monoisotopic (exact) mass is 1960 g/mol. The lowest BCUT2D eigenvalue weighted by Crippen LogP contribution is -2.56. The van der Waals surface area contributed by atoms with Gasteiger partial charge in [-0.3, -0.25) is 101 Å². The maximum absolute atomic E-state index is 14.4. The number of ketones is 12. The van der Waals surface area contributed by atoms with Crippen molar-refractivity contribution in [3.05, 3.63) is 109 Å². The third kappa shape index (κ3) is 30.5. The molecule has 1 aromatic carbocycles. The molecule has 7 fully saturated rings. The average molecular weight is 1960 g/mol. The fourth-order valence-corrected chi connectivity index (χ4v) is 22.5. The quantitative estimate of drug-likeness (QED) is 0.0273. The van der Waals surface area contributed by atoms with Crippen LogP contribution >= 0.6 is 0 Å². The molecule has 4 saturated carbocycles. The molecule has 6 heterocycles. The van der Waals surface area contributed by atoms with Crippen LogP contribution in [-0.4, -0.2) is 205 Å². The zero-order valence-corrected chi connectivity index (χ0v) is 87.5. The summed E-state index contributed by atoms with van der Waals surface area (Å²) in [5, 5.41) is 8.85. The normalized spacial score (nSPS) is 21.9. The first kappa shape index (κ1) is 115. The van der Waals surface area contributed by atoms with E-state index in [-0.39, 0.29) is 228 Å². The molecule has 6 unspecified atom stereocenters. The lowest BCUT2D eigenvalue weighted by molar-refractivity contribution is -0.145. The largest absolute Gasteiger partial charge is 0.344 e. The maximum atomic E-state index is 14.4. The van der Waals surface area contributed by atoms with Crippen LogP contribution in [0, 0.1) is 118 Å². The summed E-state index contributed by atoms with van der Waals surface area (Å²) in [6.07, 6.45) is 28.2. The van der Waals surface area contributed by atoms with Crippen molar-refractivity contribution in [2.75, 3.05) is 19.6 Å². The second-order valence-electron chi connectivity index (χ2n) is 43.8. The van der Waals surface area contributed by atoms with Crippen LogP contribution in [0.25, 0.3) is 0 Å². The molecule has 4 aliphatic carbocycles. The molecule has 3 saturated heterocycles. The van der Waals surface area contributed by atoms with Crippen molar-refractivity contribution < 1.29 is 86.3 Å². The fraction of sp³-hybridized carbons (Fsp3) is 0.679. The van der Waals surface area contributed by atoms with Gasteiger partial charge in [-0.25, -0.2) is 15.0 Å². The van der Waals surface area contributed by atoms with Gasteiger partial charge in [0.15, 0.2) is 52.0 Å². The Bertz CT molecular complexity index is 4820. The van der Waals surface area contributed by atoms with Gasteiger partial charge in [0.05, 0.1) is 36.7 Å². The van der Waals surface area contributed by atoms with Crippen LogP contribution in [0.4, 0.5) is 0 Å². The number of hydrogen-bond donors (Lipinski definition) is 3. The Balaban J connectivity index is 0.000000238. The number of nitrogens with zero attached hydrogens (tertiary/aromatic N) is 9. The van der Waals surface area contributed by atoms with E-state index in [0.29, 0.717) is 58.2 Å². The van der Waals surface area contributed by atoms with Gasteiger partial charge in [0.1, 0.15) is 35.2 Å². The number of aromatic nitrogens is 6. The van der Waals surface area contributed by atoms with Crippen molar-refractivity contribution in [2.24, 2.45) is 118 Å². The molecule has 3 aromatic heterocycles. The van der Waals surface area contributed by atoms with E-state index in [1.165, 1.54) is 55.8 Å². The zero-order chi connectivity index (χ0) is 104. The second kappa shape index (κ2) is 54.9. The van der Waals surface area contributed by atoms with Crippen molar-refractivity contribution in [2.45, 2.75) is 347 Å². The summed E-state index contributed by atoms with van der Waals surface area (Å²) in [6, 6.07) is 4.85. The Morgan fingerprint density at radius 1 is 0.345 bits per heavy atom. The van der Waals surface area contributed by atoms with Crippen LogP contribution in [0.3, 0.4) is 0 Å². The van der Waals surface area contributed by atoms with Gasteiger partial charge in [-0.05, 0) is 165 Å². The summed E-state index contributed by atoms with van der Waals surface area (Å²) in [6.45, 7) is 35.2. The van der Waals surface area contributed by atoms with Gasteiger partial charge in [0.25, 0.3) is 0 Å². The highest BCUT2D eigenvalue weighted by molar-refractivity contribution is 6.39. The van der Waals surface area contributed by atoms with Gasteiger partial charge < -0.3 is 30.7 Å². The number of amides is 6. The molecule has 0 bridgehead atoms. The maximum Gasteiger partial charge on any atom is 0.246 e. The number of hydrogen-bond acceptors (Lipinski definition) is 24. The van der Waals surface area contributed by atoms with E-state index in [4.69, 9.17) is 0 Å². The molecule has 20 atom stereocenters. The number of carbonyl (C=O) groups excluding carboxylic acids is 18. The van der Waals surface area contributed by atoms with Gasteiger partial charge in [0, 0.05) is 150 Å². The van der Waals surface area contributed by atoms with Crippen molar-refractivity contribution >= 4 is 105 Å². The van der Waals surface area contributed by atoms with E-state index >= 15 is 0 Å². The molecule has 0 radical (unpaired) electrons. The highest BCUT2D eigenvalue weighted by Gasteiger charge is 2.56. The van der Waals surface area contributed by atoms with Crippen LogP contribution in [-0.2, 0) is 71.9 Å². The Hall–Kier alpha value is -10.7. The van der Waals surface area contributed by atoms with Crippen LogP contribution < -0.4 is 16.0 Å². The molecular formula is C112H160N12O18. The van der Waals surface area contributed by atoms with E-state index < -0.39 is 112 Å². The van der Waals surface area contributed by atoms with Crippen LogP contribution in [0.15, 0.2) is 86.1 Å². The highest BCUT2D eigenvalue weighted by atomic mass is 16.2. The molecular weight excluding hydrogens is 1800 g/mol. The molecule has 0 spiro atoms. The fourth-order valence-electron chi connectivity index (χ4n) is 22.5. The van der Waals surface area contributed by atoms with E-state index in [0.717, 1.165) is 89.0 Å². The van der Waals surface area contributed by atoms with Gasteiger partial charge in [0.2, 0.25) is 52.8 Å². The van der Waals surface area contributed by atoms with E-state index in [1.54, 1.807) is 14.7 Å². The van der Waals surface area contributed by atoms with E-state index in [1.807, 2.05) is 155 Å². The van der Waals surface area contributed by atoms with Crippen molar-refractivity contribution in [1.82, 2.24) is 60.6 Å². The van der Waals surface area contributed by atoms with Crippen molar-refractivity contribution in [3.8, 4) is 0 Å². The minimum Gasteiger partial charge on any atom is -0.344 e. The molecule has 11 rings (SSSR count). The number of rotatable bonds is 53. The van der Waals surface area contributed by atoms with Crippen LogP contribution in [0.1, 0.15) is 347 Å². The Morgan fingerprint density at radius 2 is 0.648 bits per heavy atom. The first-order valence-electron chi connectivity index (χ1n) is 53.1. The van der Waals surface area contributed by atoms with Crippen molar-refractivity contribution in [1.29, 1.82) is 0 Å². The molecule has 3 aliphatic heterocycles. The molecule has 30 heteroatoms. The third-order valence-electron chi connectivity index (χ3n) is 31.4. The molecule has 3 N–H and O–H groups in total. The Kier molecular flexibility index (Phi) is 44.4. The number of carbonyl (C=O) groups is 18. The standard InChI is InChI=1S/C40H54N4O6.C36H52N4O6.C36H54N4O6/c1-7-12-28(38(48)35(47)19-26(6)27-13-9-8-10-14-27)20-34(46)37-30-16-11-15-29(30)23-44(37)40(50)36(25(4)5)43-39(49)31(24(2)3)21-33(45)32-22-41-17-18-42-32;1-6-9-24(34(44)31(43)16-23-10-7-11-23)17-30(42)33-26-13-8-12-25(26)20-40(33)36(46)32(22(4)5)39-35(45)27(21(2)3)18-29(41)28-19-37-14-15-38-28;1-8-11-24(34(44)31(43)16-23(7)9-2)17-30(42)33-26-13-10-12-25(26)20-40(33)36(46)32(22(5)6)39-35(45)27(21(3)4)18-29(41)28-19-37-14-15-38-28/h8-10,13-14,17-18,22,24-26,28-31,36-37H,7,11-12,15-16,19-21,23H2,1-6H3,(H,43,49);14-15,19,21-27,32-33H,6-13,16-18,20H2,1-5H3,(H,39,45);14-15,19,21-27,32-33H,8-13,16-18,20H2,1-7H3,(H,39,45)/t26-,28?,29-,30-,31+,36-,37?;24?,25-,26-,27+,32-,33?;23-,24?,25+,26+,27-,32+,33?/m001/s1. The summed E-state index contributed by atoms with van der Waals surface area (Å²) in [4.78, 5) is 273.